The molecule has 1 N–H and O–H groups in total. The van der Waals surface area contributed by atoms with Crippen LogP contribution < -0.4 is 5.32 Å². The third kappa shape index (κ3) is 2.82. The Hall–Kier alpha value is -1.89. The second-order valence-electron chi connectivity index (χ2n) is 4.22. The van der Waals surface area contributed by atoms with Crippen LogP contribution in [0.3, 0.4) is 0 Å². The van der Waals surface area contributed by atoms with Gasteiger partial charge in [-0.3, -0.25) is 4.79 Å². The van der Waals surface area contributed by atoms with E-state index in [-0.39, 0.29) is 5.91 Å². The molecule has 0 aliphatic rings. The summed E-state index contributed by atoms with van der Waals surface area (Å²) in [4.78, 5) is 20.8. The standard InChI is InChI=1S/C13H16N4O2S/c1-5-10-9(6-14-13(15-10)20-4)12(18)16-11-7(2)17-19-8(11)3/h6H,5H2,1-4H3,(H,16,18). The fourth-order valence-corrected chi connectivity index (χ4v) is 2.16. The number of hydrogen-bond donors (Lipinski definition) is 1. The van der Waals surface area contributed by atoms with Gasteiger partial charge in [0.1, 0.15) is 11.4 Å². The summed E-state index contributed by atoms with van der Waals surface area (Å²) in [6.45, 7) is 5.49. The van der Waals surface area contributed by atoms with Crippen molar-refractivity contribution in [3.8, 4) is 0 Å². The van der Waals surface area contributed by atoms with Crippen LogP contribution in [-0.2, 0) is 6.42 Å². The molecule has 0 radical (unpaired) electrons. The van der Waals surface area contributed by atoms with Gasteiger partial charge in [-0.1, -0.05) is 23.8 Å². The first-order valence-corrected chi connectivity index (χ1v) is 7.43. The Morgan fingerprint density at radius 2 is 2.20 bits per heavy atom. The third-order valence-corrected chi connectivity index (χ3v) is 3.44. The predicted octanol–water partition coefficient (Wildman–Crippen LogP) is 2.62. The number of hydrogen-bond acceptors (Lipinski definition) is 6. The summed E-state index contributed by atoms with van der Waals surface area (Å²) in [7, 11) is 0. The van der Waals surface area contributed by atoms with Gasteiger partial charge in [-0.2, -0.15) is 0 Å². The fraction of sp³-hybridized carbons (Fsp3) is 0.385. The maximum Gasteiger partial charge on any atom is 0.259 e. The number of carbonyl (C=O) groups is 1. The number of aromatic nitrogens is 3. The Morgan fingerprint density at radius 1 is 1.45 bits per heavy atom. The molecular formula is C13H16N4O2S. The van der Waals surface area contributed by atoms with Gasteiger partial charge in [0, 0.05) is 6.20 Å². The van der Waals surface area contributed by atoms with E-state index in [0.717, 1.165) is 5.69 Å². The van der Waals surface area contributed by atoms with E-state index in [1.165, 1.54) is 11.8 Å². The first-order chi connectivity index (χ1) is 9.56. The highest BCUT2D eigenvalue weighted by molar-refractivity contribution is 7.98. The van der Waals surface area contributed by atoms with Crippen LogP contribution in [0.15, 0.2) is 15.9 Å². The minimum Gasteiger partial charge on any atom is -0.359 e. The Bertz CT molecular complexity index is 620. The van der Waals surface area contributed by atoms with Crippen LogP contribution in [0, 0.1) is 13.8 Å². The molecule has 0 aliphatic heterocycles. The van der Waals surface area contributed by atoms with Crippen molar-refractivity contribution in [2.24, 2.45) is 0 Å². The minimum atomic E-state index is -0.246. The third-order valence-electron chi connectivity index (χ3n) is 2.88. The van der Waals surface area contributed by atoms with Crippen molar-refractivity contribution in [1.82, 2.24) is 15.1 Å². The molecule has 0 saturated heterocycles. The van der Waals surface area contributed by atoms with Gasteiger partial charge in [-0.25, -0.2) is 9.97 Å². The van der Waals surface area contributed by atoms with Crippen molar-refractivity contribution < 1.29 is 9.32 Å². The summed E-state index contributed by atoms with van der Waals surface area (Å²) < 4.78 is 5.03. The number of amides is 1. The lowest BCUT2D eigenvalue weighted by atomic mass is 10.1. The van der Waals surface area contributed by atoms with Crippen molar-refractivity contribution in [3.05, 3.63) is 28.9 Å². The second-order valence-corrected chi connectivity index (χ2v) is 5.00. The lowest BCUT2D eigenvalue weighted by Crippen LogP contribution is -2.16. The van der Waals surface area contributed by atoms with Gasteiger partial charge in [-0.15, -0.1) is 0 Å². The van der Waals surface area contributed by atoms with E-state index in [9.17, 15) is 4.79 Å². The molecule has 106 valence electrons. The Balaban J connectivity index is 2.30. The molecule has 2 aromatic heterocycles. The van der Waals surface area contributed by atoms with E-state index >= 15 is 0 Å². The number of thioether (sulfide) groups is 1. The monoisotopic (exact) mass is 292 g/mol. The lowest BCUT2D eigenvalue weighted by Gasteiger charge is -2.08. The first-order valence-electron chi connectivity index (χ1n) is 6.21. The normalized spacial score (nSPS) is 10.6. The summed E-state index contributed by atoms with van der Waals surface area (Å²) in [5, 5.41) is 7.28. The van der Waals surface area contributed by atoms with Gasteiger partial charge < -0.3 is 9.84 Å². The van der Waals surface area contributed by atoms with Crippen molar-refractivity contribution in [2.75, 3.05) is 11.6 Å². The molecule has 20 heavy (non-hydrogen) atoms. The van der Waals surface area contributed by atoms with E-state index in [4.69, 9.17) is 4.52 Å². The van der Waals surface area contributed by atoms with Gasteiger partial charge in [0.15, 0.2) is 10.9 Å². The number of carbonyl (C=O) groups excluding carboxylic acids is 1. The van der Waals surface area contributed by atoms with Crippen LogP contribution in [-0.4, -0.2) is 27.3 Å². The molecule has 7 heteroatoms. The van der Waals surface area contributed by atoms with Crippen LogP contribution >= 0.6 is 11.8 Å². The van der Waals surface area contributed by atoms with Crippen molar-refractivity contribution in [1.29, 1.82) is 0 Å². The maximum atomic E-state index is 12.3. The first kappa shape index (κ1) is 14.5. The average Bonchev–Trinajstić information content (AvgIpc) is 2.78. The van der Waals surface area contributed by atoms with Gasteiger partial charge in [0.25, 0.3) is 5.91 Å². The molecule has 0 unspecified atom stereocenters. The molecule has 0 bridgehead atoms. The lowest BCUT2D eigenvalue weighted by molar-refractivity contribution is 0.102. The number of nitrogens with zero attached hydrogens (tertiary/aromatic N) is 3. The molecule has 2 aromatic rings. The Labute approximate surface area is 121 Å². The number of anilines is 1. The van der Waals surface area contributed by atoms with Gasteiger partial charge in [0.2, 0.25) is 0 Å². The molecule has 0 spiro atoms. The number of aryl methyl sites for hydroxylation is 3. The van der Waals surface area contributed by atoms with Crippen LogP contribution in [0.1, 0.15) is 34.4 Å². The van der Waals surface area contributed by atoms with Crippen LogP contribution in [0.2, 0.25) is 0 Å². The summed E-state index contributed by atoms with van der Waals surface area (Å²) in [6, 6.07) is 0. The molecule has 2 rings (SSSR count). The summed E-state index contributed by atoms with van der Waals surface area (Å²) in [6.07, 6.45) is 4.13. The highest BCUT2D eigenvalue weighted by Crippen LogP contribution is 2.20. The zero-order valence-electron chi connectivity index (χ0n) is 11.9. The van der Waals surface area contributed by atoms with Crippen molar-refractivity contribution in [3.63, 3.8) is 0 Å². The molecule has 0 aliphatic carbocycles. The summed E-state index contributed by atoms with van der Waals surface area (Å²) in [5.74, 6) is 0.333. The predicted molar refractivity (Wildman–Crippen MR) is 77.1 cm³/mol. The minimum absolute atomic E-state index is 0.246. The van der Waals surface area contributed by atoms with Crippen LogP contribution in [0.25, 0.3) is 0 Å². The second kappa shape index (κ2) is 6.04. The molecule has 2 heterocycles. The van der Waals surface area contributed by atoms with E-state index < -0.39 is 0 Å². The topological polar surface area (TPSA) is 80.9 Å². The SMILES string of the molecule is CCc1nc(SC)ncc1C(=O)Nc1c(C)noc1C. The summed E-state index contributed by atoms with van der Waals surface area (Å²) >= 11 is 1.45. The molecule has 0 fully saturated rings. The van der Waals surface area contributed by atoms with Crippen LogP contribution in [0.4, 0.5) is 5.69 Å². The zero-order chi connectivity index (χ0) is 14.7. The quantitative estimate of drug-likeness (QED) is 0.689. The largest absolute Gasteiger partial charge is 0.359 e. The van der Waals surface area contributed by atoms with E-state index in [2.05, 4.69) is 20.4 Å². The van der Waals surface area contributed by atoms with Gasteiger partial charge in [0.05, 0.1) is 11.3 Å². The van der Waals surface area contributed by atoms with Crippen molar-refractivity contribution in [2.45, 2.75) is 32.3 Å². The average molecular weight is 292 g/mol. The van der Waals surface area contributed by atoms with E-state index in [1.54, 1.807) is 20.0 Å². The highest BCUT2D eigenvalue weighted by atomic mass is 32.2. The fourth-order valence-electron chi connectivity index (χ4n) is 1.80. The molecule has 0 atom stereocenters. The molecule has 6 nitrogen and oxygen atoms in total. The molecule has 1 amide bonds. The summed E-state index contributed by atoms with van der Waals surface area (Å²) in [5.41, 5.74) is 2.46. The highest BCUT2D eigenvalue weighted by Gasteiger charge is 2.17. The number of nitrogens with one attached hydrogen (secondary N) is 1. The van der Waals surface area contributed by atoms with Gasteiger partial charge >= 0.3 is 0 Å². The van der Waals surface area contributed by atoms with E-state index in [1.807, 2.05) is 13.2 Å². The molecular weight excluding hydrogens is 276 g/mol. The molecule has 0 aromatic carbocycles. The Kier molecular flexibility index (Phi) is 4.39. The number of rotatable bonds is 4. The maximum absolute atomic E-state index is 12.3. The van der Waals surface area contributed by atoms with E-state index in [0.29, 0.717) is 34.3 Å². The van der Waals surface area contributed by atoms with Crippen molar-refractivity contribution >= 4 is 23.4 Å². The smallest absolute Gasteiger partial charge is 0.259 e. The molecule has 0 saturated carbocycles. The zero-order valence-corrected chi connectivity index (χ0v) is 12.7. The van der Waals surface area contributed by atoms with Gasteiger partial charge in [-0.05, 0) is 26.5 Å². The van der Waals surface area contributed by atoms with Crippen LogP contribution in [0.5, 0.6) is 0 Å². The Morgan fingerprint density at radius 3 is 2.75 bits per heavy atom.